The second kappa shape index (κ2) is 15.1. The zero-order valence-electron chi connectivity index (χ0n) is 26.9. The SMILES string of the molecule is COc1cc(C2C(C(=O)Nc3cccc(C)c3C)=C(C)Nc3nc(SCc4ccccc4Cl)nn32)cc(Br)c1OCc1ccc(Cl)cc1Cl. The van der Waals surface area contributed by atoms with E-state index in [1.165, 1.54) is 11.8 Å². The number of aryl methyl sites for hydroxylation is 1. The number of nitrogens with zero attached hydrogens (tertiary/aromatic N) is 3. The lowest BCUT2D eigenvalue weighted by molar-refractivity contribution is -0.113. The van der Waals surface area contributed by atoms with E-state index < -0.39 is 6.04 Å². The first-order valence-corrected chi connectivity index (χ1v) is 18.1. The highest BCUT2D eigenvalue weighted by Crippen LogP contribution is 2.44. The van der Waals surface area contributed by atoms with Gasteiger partial charge in [-0.1, -0.05) is 83.0 Å². The number of allylic oxidation sites excluding steroid dienone is 1. The summed E-state index contributed by atoms with van der Waals surface area (Å²) in [5.74, 6) is 1.73. The van der Waals surface area contributed by atoms with Crippen molar-refractivity contribution in [2.45, 2.75) is 44.3 Å². The van der Waals surface area contributed by atoms with Crippen LogP contribution in [0.25, 0.3) is 0 Å². The van der Waals surface area contributed by atoms with Gasteiger partial charge in [-0.05, 0) is 95.4 Å². The lowest BCUT2D eigenvalue weighted by atomic mass is 9.94. The monoisotopic (exact) mass is 797 g/mol. The van der Waals surface area contributed by atoms with Crippen molar-refractivity contribution in [3.8, 4) is 11.5 Å². The molecule has 13 heteroatoms. The minimum absolute atomic E-state index is 0.180. The number of anilines is 2. The van der Waals surface area contributed by atoms with Gasteiger partial charge in [0.2, 0.25) is 11.1 Å². The molecule has 0 aliphatic carbocycles. The first kappa shape index (κ1) is 35.2. The maximum Gasteiger partial charge on any atom is 0.255 e. The number of hydrogen-bond donors (Lipinski definition) is 2. The van der Waals surface area contributed by atoms with Crippen LogP contribution in [-0.4, -0.2) is 27.8 Å². The van der Waals surface area contributed by atoms with Crippen LogP contribution in [0.15, 0.2) is 93.7 Å². The summed E-state index contributed by atoms with van der Waals surface area (Å²) in [6.07, 6.45) is 0. The van der Waals surface area contributed by atoms with E-state index >= 15 is 0 Å². The number of amides is 1. The summed E-state index contributed by atoms with van der Waals surface area (Å²) in [6, 6.07) is 21.8. The van der Waals surface area contributed by atoms with Crippen molar-refractivity contribution in [2.75, 3.05) is 17.7 Å². The average Bonchev–Trinajstić information content (AvgIpc) is 3.47. The van der Waals surface area contributed by atoms with Crippen molar-refractivity contribution in [2.24, 2.45) is 0 Å². The Hall–Kier alpha value is -3.67. The molecule has 5 aromatic rings. The van der Waals surface area contributed by atoms with Gasteiger partial charge in [0.25, 0.3) is 5.91 Å². The highest BCUT2D eigenvalue weighted by atomic mass is 79.9. The highest BCUT2D eigenvalue weighted by Gasteiger charge is 2.36. The summed E-state index contributed by atoms with van der Waals surface area (Å²) >= 11 is 24.1. The fourth-order valence-electron chi connectivity index (χ4n) is 5.46. The first-order chi connectivity index (χ1) is 23.5. The number of carbonyl (C=O) groups is 1. The summed E-state index contributed by atoms with van der Waals surface area (Å²) < 4.78 is 14.4. The van der Waals surface area contributed by atoms with Gasteiger partial charge in [-0.15, -0.1) is 5.10 Å². The Morgan fingerprint density at radius 1 is 1.00 bits per heavy atom. The Morgan fingerprint density at radius 2 is 1.80 bits per heavy atom. The Balaban J connectivity index is 1.39. The normalized spacial score (nSPS) is 13.9. The van der Waals surface area contributed by atoms with E-state index in [4.69, 9.17) is 54.4 Å². The van der Waals surface area contributed by atoms with E-state index in [9.17, 15) is 4.79 Å². The molecular formula is C36H31BrCl3N5O3S. The van der Waals surface area contributed by atoms with Crippen molar-refractivity contribution in [3.05, 3.63) is 131 Å². The molecule has 0 fully saturated rings. The molecule has 1 aromatic heterocycles. The van der Waals surface area contributed by atoms with E-state index in [2.05, 4.69) is 26.6 Å². The number of fused-ring (bicyclic) bond motifs is 1. The van der Waals surface area contributed by atoms with Crippen LogP contribution in [-0.2, 0) is 17.2 Å². The molecular weight excluding hydrogens is 769 g/mol. The lowest BCUT2D eigenvalue weighted by Gasteiger charge is -2.29. The summed E-state index contributed by atoms with van der Waals surface area (Å²) in [5, 5.41) is 13.6. The largest absolute Gasteiger partial charge is 0.493 e. The molecule has 6 rings (SSSR count). The number of rotatable bonds is 10. The van der Waals surface area contributed by atoms with E-state index in [0.29, 0.717) is 59.2 Å². The van der Waals surface area contributed by atoms with E-state index in [-0.39, 0.29) is 12.5 Å². The first-order valence-electron chi connectivity index (χ1n) is 15.2. The van der Waals surface area contributed by atoms with Crippen molar-refractivity contribution in [1.82, 2.24) is 14.8 Å². The zero-order chi connectivity index (χ0) is 34.8. The van der Waals surface area contributed by atoms with Crippen LogP contribution < -0.4 is 20.1 Å². The standard InChI is InChI=1S/C36H31BrCl3N5O3S/c1-19-8-7-11-29(20(19)2)42-34(46)31-21(3)41-35-43-36(49-18-23-9-5-6-10-27(23)39)44-45(35)32(31)24-14-26(37)33(30(15-24)47-4)48-17-22-12-13-25(38)16-28(22)40/h5-16,32H,17-18H2,1-4H3,(H,42,46)(H,41,43,44). The Bertz CT molecular complexity index is 2100. The zero-order valence-corrected chi connectivity index (χ0v) is 31.6. The van der Waals surface area contributed by atoms with Crippen LogP contribution >= 0.6 is 62.5 Å². The van der Waals surface area contributed by atoms with Gasteiger partial charge in [0.05, 0.1) is 17.2 Å². The van der Waals surface area contributed by atoms with Gasteiger partial charge >= 0.3 is 0 Å². The molecule has 252 valence electrons. The molecule has 1 amide bonds. The minimum atomic E-state index is -0.673. The molecule has 0 bridgehead atoms. The maximum absolute atomic E-state index is 14.2. The molecule has 1 unspecified atom stereocenters. The third-order valence-corrected chi connectivity index (χ3v) is 10.6. The van der Waals surface area contributed by atoms with Gasteiger partial charge in [-0.2, -0.15) is 4.98 Å². The number of benzene rings is 4. The second-order valence-electron chi connectivity index (χ2n) is 11.4. The van der Waals surface area contributed by atoms with Crippen LogP contribution in [0.1, 0.15) is 40.8 Å². The van der Waals surface area contributed by atoms with Gasteiger partial charge in [-0.25, -0.2) is 4.68 Å². The van der Waals surface area contributed by atoms with E-state index in [1.807, 2.05) is 81.4 Å². The smallest absolute Gasteiger partial charge is 0.255 e. The predicted molar refractivity (Wildman–Crippen MR) is 202 cm³/mol. The van der Waals surface area contributed by atoms with Gasteiger partial charge in [0.15, 0.2) is 11.5 Å². The third-order valence-electron chi connectivity index (χ3n) is 8.20. The van der Waals surface area contributed by atoms with E-state index in [0.717, 1.165) is 33.5 Å². The number of methoxy groups -OCH3 is 1. The molecule has 0 radical (unpaired) electrons. The number of ether oxygens (including phenoxy) is 2. The summed E-state index contributed by atoms with van der Waals surface area (Å²) in [5.41, 5.74) is 6.36. The number of nitrogens with one attached hydrogen (secondary N) is 2. The number of hydrogen-bond acceptors (Lipinski definition) is 7. The van der Waals surface area contributed by atoms with Crippen LogP contribution in [0, 0.1) is 13.8 Å². The van der Waals surface area contributed by atoms with E-state index in [1.54, 1.807) is 23.9 Å². The number of carbonyl (C=O) groups excluding carboxylic acids is 1. The molecule has 1 aliphatic rings. The van der Waals surface area contributed by atoms with Crippen molar-refractivity contribution in [3.63, 3.8) is 0 Å². The molecule has 2 heterocycles. The van der Waals surface area contributed by atoms with Gasteiger partial charge in [-0.3, -0.25) is 4.79 Å². The van der Waals surface area contributed by atoms with Crippen LogP contribution in [0.2, 0.25) is 15.1 Å². The molecule has 0 saturated heterocycles. The fraction of sp³-hybridized carbons (Fsp3) is 0.194. The van der Waals surface area contributed by atoms with Crippen LogP contribution in [0.3, 0.4) is 0 Å². The molecule has 1 atom stereocenters. The third kappa shape index (κ3) is 7.59. The minimum Gasteiger partial charge on any atom is -0.493 e. The molecule has 1 aliphatic heterocycles. The molecule has 0 saturated carbocycles. The van der Waals surface area contributed by atoms with Gasteiger partial charge in [0, 0.05) is 37.8 Å². The summed E-state index contributed by atoms with van der Waals surface area (Å²) in [4.78, 5) is 19.0. The maximum atomic E-state index is 14.2. The predicted octanol–water partition coefficient (Wildman–Crippen LogP) is 10.4. The molecule has 0 spiro atoms. The lowest BCUT2D eigenvalue weighted by Crippen LogP contribution is -2.31. The number of halogens is 4. The number of thioether (sulfide) groups is 1. The topological polar surface area (TPSA) is 90.3 Å². The molecule has 49 heavy (non-hydrogen) atoms. The summed E-state index contributed by atoms with van der Waals surface area (Å²) in [7, 11) is 1.57. The average molecular weight is 800 g/mol. The second-order valence-corrected chi connectivity index (χ2v) is 14.4. The number of aromatic nitrogens is 3. The van der Waals surface area contributed by atoms with Crippen molar-refractivity contribution in [1.29, 1.82) is 0 Å². The van der Waals surface area contributed by atoms with Gasteiger partial charge in [0.1, 0.15) is 12.6 Å². The molecule has 2 N–H and O–H groups in total. The summed E-state index contributed by atoms with van der Waals surface area (Å²) in [6.45, 7) is 6.04. The van der Waals surface area contributed by atoms with Crippen molar-refractivity contribution < 1.29 is 14.3 Å². The molecule has 4 aromatic carbocycles. The molecule has 8 nitrogen and oxygen atoms in total. The van der Waals surface area contributed by atoms with Crippen molar-refractivity contribution >= 4 is 80.0 Å². The quantitative estimate of drug-likeness (QED) is 0.136. The fourth-order valence-corrected chi connectivity index (χ4v) is 7.61. The van der Waals surface area contributed by atoms with Crippen LogP contribution in [0.4, 0.5) is 11.6 Å². The Labute approximate surface area is 312 Å². The Morgan fingerprint density at radius 3 is 2.55 bits per heavy atom. The highest BCUT2D eigenvalue weighted by molar-refractivity contribution is 9.10. The van der Waals surface area contributed by atoms with Gasteiger partial charge < -0.3 is 20.1 Å². The van der Waals surface area contributed by atoms with Crippen LogP contribution in [0.5, 0.6) is 11.5 Å². The Kier molecular flexibility index (Phi) is 10.8.